The molecule has 0 spiro atoms. The summed E-state index contributed by atoms with van der Waals surface area (Å²) in [5.74, 6) is -0.0402. The first-order chi connectivity index (χ1) is 9.84. The van der Waals surface area contributed by atoms with Gasteiger partial charge in [-0.05, 0) is 54.4 Å². The smallest absolute Gasteiger partial charge is 0.123 e. The van der Waals surface area contributed by atoms with E-state index in [1.54, 1.807) is 6.07 Å². The van der Waals surface area contributed by atoms with E-state index in [1.807, 2.05) is 12.1 Å². The highest BCUT2D eigenvalue weighted by Crippen LogP contribution is 2.54. The third-order valence-electron chi connectivity index (χ3n) is 5.04. The Hall–Kier alpha value is -0.420. The second-order valence-corrected chi connectivity index (χ2v) is 9.26. The van der Waals surface area contributed by atoms with Crippen LogP contribution in [-0.2, 0) is 0 Å². The summed E-state index contributed by atoms with van der Waals surface area (Å²) in [6, 6.07) is 7.57. The van der Waals surface area contributed by atoms with E-state index in [0.717, 1.165) is 11.3 Å². The lowest BCUT2D eigenvalue weighted by atomic mass is 9.99. The fourth-order valence-electron chi connectivity index (χ4n) is 4.07. The number of benzene rings is 1. The highest BCUT2D eigenvalue weighted by atomic mass is 31.1. The van der Waals surface area contributed by atoms with Crippen LogP contribution in [0.4, 0.5) is 4.39 Å². The highest BCUT2D eigenvalue weighted by molar-refractivity contribution is 7.67. The highest BCUT2D eigenvalue weighted by Gasteiger charge is 2.32. The van der Waals surface area contributed by atoms with Crippen molar-refractivity contribution in [2.75, 3.05) is 0 Å². The van der Waals surface area contributed by atoms with Crippen molar-refractivity contribution < 1.29 is 4.39 Å². The van der Waals surface area contributed by atoms with Gasteiger partial charge < -0.3 is 0 Å². The minimum atomic E-state index is -0.148. The summed E-state index contributed by atoms with van der Waals surface area (Å²) < 4.78 is 13.7. The Bertz CT molecular complexity index is 401. The van der Waals surface area contributed by atoms with Gasteiger partial charge in [0.25, 0.3) is 0 Å². The fraction of sp³-hybridized carbons (Fsp3) is 0.667. The molecule has 2 aliphatic carbocycles. The molecule has 1 aromatic rings. The van der Waals surface area contributed by atoms with Gasteiger partial charge in [0.15, 0.2) is 0 Å². The molecule has 0 atom stereocenters. The third kappa shape index (κ3) is 3.42. The topological polar surface area (TPSA) is 0 Å². The van der Waals surface area contributed by atoms with Crippen LogP contribution in [0.2, 0.25) is 0 Å². The maximum absolute atomic E-state index is 13.7. The molecule has 110 valence electrons. The quantitative estimate of drug-likeness (QED) is 0.636. The molecule has 0 aliphatic heterocycles. The average molecular weight is 292 g/mol. The summed E-state index contributed by atoms with van der Waals surface area (Å²) >= 11 is 0. The molecule has 20 heavy (non-hydrogen) atoms. The van der Waals surface area contributed by atoms with Crippen molar-refractivity contribution in [1.82, 2.24) is 0 Å². The lowest BCUT2D eigenvalue weighted by Gasteiger charge is -2.38. The van der Waals surface area contributed by atoms with Gasteiger partial charge in [-0.15, -0.1) is 0 Å². The zero-order chi connectivity index (χ0) is 13.8. The Morgan fingerprint density at radius 1 is 0.800 bits per heavy atom. The molecule has 2 fully saturated rings. The van der Waals surface area contributed by atoms with Crippen molar-refractivity contribution in [3.63, 3.8) is 0 Å². The van der Waals surface area contributed by atoms with E-state index in [-0.39, 0.29) is 13.7 Å². The number of rotatable bonds is 3. The molecule has 0 unspecified atom stereocenters. The van der Waals surface area contributed by atoms with Crippen LogP contribution in [0.25, 0.3) is 0 Å². The van der Waals surface area contributed by atoms with Crippen LogP contribution in [0.15, 0.2) is 24.3 Å². The van der Waals surface area contributed by atoms with Crippen LogP contribution < -0.4 is 5.30 Å². The molecule has 0 radical (unpaired) electrons. The van der Waals surface area contributed by atoms with Crippen LogP contribution in [0.5, 0.6) is 0 Å². The summed E-state index contributed by atoms with van der Waals surface area (Å²) in [5, 5.41) is 1.35. The zero-order valence-corrected chi connectivity index (χ0v) is 13.3. The van der Waals surface area contributed by atoms with Gasteiger partial charge in [0.05, 0.1) is 0 Å². The Morgan fingerprint density at radius 3 is 1.85 bits per heavy atom. The molecule has 2 aliphatic rings. The van der Waals surface area contributed by atoms with Crippen LogP contribution in [0.1, 0.15) is 64.2 Å². The van der Waals surface area contributed by atoms with Gasteiger partial charge in [0.2, 0.25) is 0 Å². The maximum atomic E-state index is 13.7. The number of hydrogen-bond donors (Lipinski definition) is 0. The normalized spacial score (nSPS) is 22.3. The largest absolute Gasteiger partial charge is 0.207 e. The minimum Gasteiger partial charge on any atom is -0.207 e. The predicted octanol–water partition coefficient (Wildman–Crippen LogP) is 5.60. The third-order valence-corrected chi connectivity index (χ3v) is 8.52. The SMILES string of the molecule is Fc1cccc(P(C2CCCCC2)C2CCCCC2)c1. The molecule has 0 bridgehead atoms. The van der Waals surface area contributed by atoms with Crippen LogP contribution in [-0.4, -0.2) is 11.3 Å². The molecule has 2 saturated carbocycles. The number of halogens is 1. The second-order valence-electron chi connectivity index (χ2n) is 6.47. The van der Waals surface area contributed by atoms with E-state index < -0.39 is 0 Å². The average Bonchev–Trinajstić information content (AvgIpc) is 2.50. The van der Waals surface area contributed by atoms with E-state index in [0.29, 0.717) is 0 Å². The second kappa shape index (κ2) is 7.03. The summed E-state index contributed by atoms with van der Waals surface area (Å²) in [4.78, 5) is 0. The van der Waals surface area contributed by atoms with Gasteiger partial charge in [-0.25, -0.2) is 4.39 Å². The fourth-order valence-corrected chi connectivity index (χ4v) is 7.89. The van der Waals surface area contributed by atoms with Crippen LogP contribution in [0, 0.1) is 5.82 Å². The number of hydrogen-bond acceptors (Lipinski definition) is 0. The molecule has 3 rings (SSSR count). The molecule has 0 N–H and O–H groups in total. The lowest BCUT2D eigenvalue weighted by Crippen LogP contribution is -2.26. The van der Waals surface area contributed by atoms with Gasteiger partial charge in [-0.2, -0.15) is 0 Å². The van der Waals surface area contributed by atoms with Crippen molar-refractivity contribution in [1.29, 1.82) is 0 Å². The van der Waals surface area contributed by atoms with Gasteiger partial charge in [-0.1, -0.05) is 58.6 Å². The van der Waals surface area contributed by atoms with E-state index >= 15 is 0 Å². The maximum Gasteiger partial charge on any atom is 0.123 e. The molecule has 0 saturated heterocycles. The van der Waals surface area contributed by atoms with E-state index in [2.05, 4.69) is 6.07 Å². The molecule has 0 aromatic heterocycles. The first kappa shape index (κ1) is 14.5. The monoisotopic (exact) mass is 292 g/mol. The zero-order valence-electron chi connectivity index (χ0n) is 12.4. The first-order valence-corrected chi connectivity index (χ1v) is 9.86. The van der Waals surface area contributed by atoms with Gasteiger partial charge >= 0.3 is 0 Å². The van der Waals surface area contributed by atoms with E-state index in [4.69, 9.17) is 0 Å². The van der Waals surface area contributed by atoms with Gasteiger partial charge in [0, 0.05) is 0 Å². The Balaban J connectivity index is 1.85. The Morgan fingerprint density at radius 2 is 1.35 bits per heavy atom. The van der Waals surface area contributed by atoms with Crippen LogP contribution in [0.3, 0.4) is 0 Å². The standard InChI is InChI=1S/C18H26FP/c19-15-8-7-13-18(14-15)20(16-9-3-1-4-10-16)17-11-5-2-6-12-17/h7-8,13-14,16-17H,1-6,9-12H2. The van der Waals surface area contributed by atoms with Gasteiger partial charge in [0.1, 0.15) is 5.82 Å². The van der Waals surface area contributed by atoms with E-state index in [1.165, 1.54) is 69.5 Å². The molecular weight excluding hydrogens is 266 g/mol. The Kier molecular flexibility index (Phi) is 5.10. The molecule has 2 heteroatoms. The first-order valence-electron chi connectivity index (χ1n) is 8.38. The summed E-state index contributed by atoms with van der Waals surface area (Å²) in [7, 11) is -0.148. The summed E-state index contributed by atoms with van der Waals surface area (Å²) in [6.07, 6.45) is 13.9. The van der Waals surface area contributed by atoms with Gasteiger partial charge in [-0.3, -0.25) is 0 Å². The minimum absolute atomic E-state index is 0.0402. The van der Waals surface area contributed by atoms with Crippen LogP contribution >= 0.6 is 7.92 Å². The molecule has 0 amide bonds. The Labute approximate surface area is 123 Å². The molecule has 0 heterocycles. The lowest BCUT2D eigenvalue weighted by molar-refractivity contribution is 0.487. The van der Waals surface area contributed by atoms with Crippen molar-refractivity contribution in [2.45, 2.75) is 75.5 Å². The van der Waals surface area contributed by atoms with Crippen molar-refractivity contribution in [3.8, 4) is 0 Å². The molecule has 1 aromatic carbocycles. The predicted molar refractivity (Wildman–Crippen MR) is 86.7 cm³/mol. The van der Waals surface area contributed by atoms with Crippen molar-refractivity contribution in [3.05, 3.63) is 30.1 Å². The summed E-state index contributed by atoms with van der Waals surface area (Å²) in [5.41, 5.74) is 1.73. The molecule has 0 nitrogen and oxygen atoms in total. The van der Waals surface area contributed by atoms with E-state index in [9.17, 15) is 4.39 Å². The summed E-state index contributed by atoms with van der Waals surface area (Å²) in [6.45, 7) is 0. The van der Waals surface area contributed by atoms with Crippen molar-refractivity contribution in [2.24, 2.45) is 0 Å². The van der Waals surface area contributed by atoms with Crippen molar-refractivity contribution >= 4 is 13.2 Å². The molecular formula is C18H26FP.